The van der Waals surface area contributed by atoms with E-state index in [2.05, 4.69) is 20.3 Å². The van der Waals surface area contributed by atoms with Gasteiger partial charge in [-0.1, -0.05) is 6.07 Å². The summed E-state index contributed by atoms with van der Waals surface area (Å²) in [7, 11) is 0. The number of carbonyl (C=O) groups is 1. The summed E-state index contributed by atoms with van der Waals surface area (Å²) in [5, 5.41) is 18.4. The van der Waals surface area contributed by atoms with E-state index in [0.717, 1.165) is 25.1 Å². The second-order valence-electron chi connectivity index (χ2n) is 6.99. The first-order valence-electron chi connectivity index (χ1n) is 9.00. The molecule has 0 aromatic carbocycles. The average molecular weight is 372 g/mol. The molecule has 1 aliphatic rings. The lowest BCUT2D eigenvalue weighted by Crippen LogP contribution is -2.41. The minimum atomic E-state index is -0.393. The van der Waals surface area contributed by atoms with Gasteiger partial charge in [-0.05, 0) is 52.3 Å². The lowest BCUT2D eigenvalue weighted by Gasteiger charge is -2.31. The van der Waals surface area contributed by atoms with Crippen LogP contribution in [-0.4, -0.2) is 43.6 Å². The number of nitrogens with zero attached hydrogens (tertiary/aromatic N) is 5. The molecule has 0 bridgehead atoms. The number of aryl methyl sites for hydroxylation is 2. The van der Waals surface area contributed by atoms with Gasteiger partial charge < -0.3 is 5.32 Å². The molecule has 0 radical (unpaired) electrons. The number of rotatable bonds is 5. The zero-order valence-corrected chi connectivity index (χ0v) is 15.8. The fourth-order valence-electron chi connectivity index (χ4n) is 3.52. The third-order valence-corrected chi connectivity index (χ3v) is 4.88. The highest BCUT2D eigenvalue weighted by Gasteiger charge is 2.28. The third kappa shape index (κ3) is 4.30. The molecule has 1 N–H and O–H groups in total. The van der Waals surface area contributed by atoms with Crippen LogP contribution in [0.4, 0.5) is 11.5 Å². The third-order valence-electron chi connectivity index (χ3n) is 4.88. The quantitative estimate of drug-likeness (QED) is 0.638. The zero-order chi connectivity index (χ0) is 19.6. The van der Waals surface area contributed by atoms with E-state index in [0.29, 0.717) is 30.4 Å². The van der Waals surface area contributed by atoms with Crippen molar-refractivity contribution in [1.29, 1.82) is 0 Å². The standard InChI is InChI=1S/C18H24N6O3/c1-12-6-4-8-16(19-12)20-18(25)15-7-5-9-22(10-15)11-23-14(3)17(24(26)27)13(2)21-23/h4,6,8,15H,5,7,9-11H2,1-3H3,(H,19,20,25). The van der Waals surface area contributed by atoms with E-state index in [4.69, 9.17) is 0 Å². The molecule has 2 aromatic heterocycles. The highest BCUT2D eigenvalue weighted by atomic mass is 16.6. The van der Waals surface area contributed by atoms with Crippen LogP contribution in [0.2, 0.25) is 0 Å². The lowest BCUT2D eigenvalue weighted by atomic mass is 9.97. The number of amides is 1. The zero-order valence-electron chi connectivity index (χ0n) is 15.8. The maximum Gasteiger partial charge on any atom is 0.312 e. The molecule has 144 valence electrons. The molecule has 1 atom stereocenters. The van der Waals surface area contributed by atoms with Gasteiger partial charge in [0.2, 0.25) is 5.91 Å². The van der Waals surface area contributed by atoms with Crippen LogP contribution in [0, 0.1) is 36.8 Å². The fraction of sp³-hybridized carbons (Fsp3) is 0.500. The minimum Gasteiger partial charge on any atom is -0.310 e. The summed E-state index contributed by atoms with van der Waals surface area (Å²) in [6, 6.07) is 5.52. The van der Waals surface area contributed by atoms with Gasteiger partial charge in [0.05, 0.1) is 17.5 Å². The molecule has 1 saturated heterocycles. The highest BCUT2D eigenvalue weighted by Crippen LogP contribution is 2.24. The maximum absolute atomic E-state index is 12.6. The van der Waals surface area contributed by atoms with E-state index in [1.54, 1.807) is 24.6 Å². The van der Waals surface area contributed by atoms with Crippen LogP contribution in [0.3, 0.4) is 0 Å². The fourth-order valence-corrected chi connectivity index (χ4v) is 3.52. The van der Waals surface area contributed by atoms with Crippen molar-refractivity contribution >= 4 is 17.4 Å². The van der Waals surface area contributed by atoms with E-state index in [1.807, 2.05) is 19.1 Å². The lowest BCUT2D eigenvalue weighted by molar-refractivity contribution is -0.386. The largest absolute Gasteiger partial charge is 0.312 e. The molecule has 0 aliphatic carbocycles. The maximum atomic E-state index is 12.6. The van der Waals surface area contributed by atoms with Crippen LogP contribution < -0.4 is 5.32 Å². The second kappa shape index (κ2) is 7.83. The Morgan fingerprint density at radius 3 is 2.81 bits per heavy atom. The van der Waals surface area contributed by atoms with E-state index >= 15 is 0 Å². The molecule has 9 nitrogen and oxygen atoms in total. The van der Waals surface area contributed by atoms with Gasteiger partial charge in [-0.15, -0.1) is 0 Å². The van der Waals surface area contributed by atoms with Crippen LogP contribution in [0.15, 0.2) is 18.2 Å². The van der Waals surface area contributed by atoms with Gasteiger partial charge in [-0.25, -0.2) is 9.67 Å². The van der Waals surface area contributed by atoms with Crippen molar-refractivity contribution in [2.75, 3.05) is 18.4 Å². The van der Waals surface area contributed by atoms with Crippen LogP contribution in [-0.2, 0) is 11.5 Å². The van der Waals surface area contributed by atoms with Crippen LogP contribution in [0.1, 0.15) is 29.9 Å². The number of carbonyl (C=O) groups excluding carboxylic acids is 1. The average Bonchev–Trinajstić information content (AvgIpc) is 2.88. The molecule has 3 rings (SSSR count). The number of hydrogen-bond acceptors (Lipinski definition) is 6. The molecular weight excluding hydrogens is 348 g/mol. The van der Waals surface area contributed by atoms with Gasteiger partial charge in [0.15, 0.2) is 0 Å². The Labute approximate surface area is 157 Å². The van der Waals surface area contributed by atoms with E-state index in [1.165, 1.54) is 0 Å². The second-order valence-corrected chi connectivity index (χ2v) is 6.99. The molecule has 1 aliphatic heterocycles. The van der Waals surface area contributed by atoms with Crippen molar-refractivity contribution in [2.45, 2.75) is 40.3 Å². The van der Waals surface area contributed by atoms with E-state index in [9.17, 15) is 14.9 Å². The summed E-state index contributed by atoms with van der Waals surface area (Å²) in [6.45, 7) is 7.08. The van der Waals surface area contributed by atoms with Crippen LogP contribution >= 0.6 is 0 Å². The number of likely N-dealkylation sites (tertiary alicyclic amines) is 1. The molecule has 1 fully saturated rings. The smallest absolute Gasteiger partial charge is 0.310 e. The van der Waals surface area contributed by atoms with Crippen molar-refractivity contribution in [3.63, 3.8) is 0 Å². The van der Waals surface area contributed by atoms with Crippen LogP contribution in [0.25, 0.3) is 0 Å². The van der Waals surface area contributed by atoms with Crippen molar-refractivity contribution in [3.05, 3.63) is 45.4 Å². The molecular formula is C18H24N6O3. The van der Waals surface area contributed by atoms with E-state index in [-0.39, 0.29) is 17.5 Å². The molecule has 0 saturated carbocycles. The monoisotopic (exact) mass is 372 g/mol. The van der Waals surface area contributed by atoms with Crippen molar-refractivity contribution in [2.24, 2.45) is 5.92 Å². The normalized spacial score (nSPS) is 17.7. The predicted octanol–water partition coefficient (Wildman–Crippen LogP) is 2.42. The molecule has 3 heterocycles. The molecule has 9 heteroatoms. The van der Waals surface area contributed by atoms with Gasteiger partial charge in [0, 0.05) is 12.2 Å². The summed E-state index contributed by atoms with van der Waals surface area (Å²) in [4.78, 5) is 29.8. The SMILES string of the molecule is Cc1cccc(NC(=O)C2CCCN(Cn3nc(C)c([N+](=O)[O-])c3C)C2)n1. The summed E-state index contributed by atoms with van der Waals surface area (Å²) in [6.07, 6.45) is 1.70. The van der Waals surface area contributed by atoms with Gasteiger partial charge in [0.1, 0.15) is 17.2 Å². The topological polar surface area (TPSA) is 106 Å². The van der Waals surface area contributed by atoms with Gasteiger partial charge in [0.25, 0.3) is 0 Å². The number of hydrogen-bond donors (Lipinski definition) is 1. The Kier molecular flexibility index (Phi) is 5.50. The summed E-state index contributed by atoms with van der Waals surface area (Å²) < 4.78 is 1.65. The number of nitrogens with one attached hydrogen (secondary N) is 1. The Morgan fingerprint density at radius 2 is 2.15 bits per heavy atom. The van der Waals surface area contributed by atoms with Gasteiger partial charge in [-0.2, -0.15) is 5.10 Å². The van der Waals surface area contributed by atoms with Crippen molar-refractivity contribution < 1.29 is 9.72 Å². The highest BCUT2D eigenvalue weighted by molar-refractivity contribution is 5.91. The Bertz CT molecular complexity index is 863. The molecule has 2 aromatic rings. The summed E-state index contributed by atoms with van der Waals surface area (Å²) >= 11 is 0. The number of pyridine rings is 1. The van der Waals surface area contributed by atoms with Crippen molar-refractivity contribution in [1.82, 2.24) is 19.7 Å². The first-order chi connectivity index (χ1) is 12.8. The minimum absolute atomic E-state index is 0.0443. The van der Waals surface area contributed by atoms with E-state index < -0.39 is 4.92 Å². The molecule has 1 amide bonds. The number of aromatic nitrogens is 3. The first kappa shape index (κ1) is 19.0. The number of piperidine rings is 1. The van der Waals surface area contributed by atoms with Crippen molar-refractivity contribution in [3.8, 4) is 0 Å². The predicted molar refractivity (Wildman–Crippen MR) is 100 cm³/mol. The summed E-state index contributed by atoms with van der Waals surface area (Å²) in [5.41, 5.74) is 1.86. The molecule has 27 heavy (non-hydrogen) atoms. The summed E-state index contributed by atoms with van der Waals surface area (Å²) in [5.74, 6) is 0.372. The van der Waals surface area contributed by atoms with Gasteiger partial charge >= 0.3 is 5.69 Å². The Balaban J connectivity index is 1.65. The first-order valence-corrected chi connectivity index (χ1v) is 9.00. The number of anilines is 1. The molecule has 0 spiro atoms. The number of nitro groups is 1. The van der Waals surface area contributed by atoms with Gasteiger partial charge in [-0.3, -0.25) is 19.8 Å². The Hall–Kier alpha value is -2.81. The Morgan fingerprint density at radius 1 is 1.37 bits per heavy atom. The van der Waals surface area contributed by atoms with Crippen LogP contribution in [0.5, 0.6) is 0 Å². The molecule has 1 unspecified atom stereocenters.